The number of nitrogens with one attached hydrogen (secondary N) is 1. The Bertz CT molecular complexity index is 972. The molecule has 30 heavy (non-hydrogen) atoms. The summed E-state index contributed by atoms with van der Waals surface area (Å²) in [6, 6.07) is 3.84. The van der Waals surface area contributed by atoms with Gasteiger partial charge in [0.05, 0.1) is 11.8 Å². The molecule has 0 saturated heterocycles. The third-order valence-electron chi connectivity index (χ3n) is 5.01. The second-order valence-electron chi connectivity index (χ2n) is 7.28. The monoisotopic (exact) mass is 407 g/mol. The molecule has 160 valence electrons. The summed E-state index contributed by atoms with van der Waals surface area (Å²) in [5, 5.41) is 14.7. The Kier molecular flexibility index (Phi) is 8.48. The largest absolute Gasteiger partial charge is 0.388 e. The van der Waals surface area contributed by atoms with Crippen LogP contribution in [0.3, 0.4) is 0 Å². The van der Waals surface area contributed by atoms with E-state index >= 15 is 0 Å². The lowest BCUT2D eigenvalue weighted by Gasteiger charge is -2.12. The standard InChI is InChI=1S/C23H27N3O2.C2H6/c1-5-19(14(3)9-15(4)21(27)6-2)20-10-17-13-25-22(11-18(17)12-24-20)26-23(28)16-7-8-16;1-2/h5,9-13,16,21,27H,4,6-8H2,1-3H3,(H,25,26,28);1-2H3/b14-9-,19-5+;. The van der Waals surface area contributed by atoms with Crippen LogP contribution in [0.5, 0.6) is 0 Å². The fourth-order valence-electron chi connectivity index (χ4n) is 3.12. The van der Waals surface area contributed by atoms with Gasteiger partial charge in [-0.1, -0.05) is 39.5 Å². The molecule has 2 heterocycles. The van der Waals surface area contributed by atoms with E-state index in [0.717, 1.165) is 40.5 Å². The van der Waals surface area contributed by atoms with Gasteiger partial charge in [-0.2, -0.15) is 0 Å². The first-order valence-electron chi connectivity index (χ1n) is 10.7. The highest BCUT2D eigenvalue weighted by atomic mass is 16.3. The second kappa shape index (κ2) is 10.8. The van der Waals surface area contributed by atoms with Crippen molar-refractivity contribution in [2.24, 2.45) is 5.92 Å². The average molecular weight is 408 g/mol. The highest BCUT2D eigenvalue weighted by Crippen LogP contribution is 2.30. The molecule has 2 N–H and O–H groups in total. The second-order valence-corrected chi connectivity index (χ2v) is 7.28. The number of aromatic nitrogens is 2. The molecule has 0 aromatic carbocycles. The van der Waals surface area contributed by atoms with E-state index in [0.29, 0.717) is 17.8 Å². The maximum atomic E-state index is 11.9. The average Bonchev–Trinajstić information content (AvgIpc) is 3.60. The van der Waals surface area contributed by atoms with E-state index in [9.17, 15) is 9.90 Å². The minimum Gasteiger partial charge on any atom is -0.388 e. The Morgan fingerprint density at radius 2 is 1.90 bits per heavy atom. The maximum absolute atomic E-state index is 11.9. The number of carbonyl (C=O) groups excluding carboxylic acids is 1. The van der Waals surface area contributed by atoms with Crippen LogP contribution in [0.2, 0.25) is 0 Å². The summed E-state index contributed by atoms with van der Waals surface area (Å²) in [6.07, 6.45) is 9.49. The normalized spacial score (nSPS) is 15.3. The molecule has 0 radical (unpaired) electrons. The van der Waals surface area contributed by atoms with Crippen molar-refractivity contribution in [3.63, 3.8) is 0 Å². The van der Waals surface area contributed by atoms with E-state index in [2.05, 4.69) is 21.9 Å². The molecule has 0 aliphatic heterocycles. The minimum atomic E-state index is -0.536. The molecule has 1 aliphatic carbocycles. The lowest BCUT2D eigenvalue weighted by molar-refractivity contribution is -0.117. The van der Waals surface area contributed by atoms with Crippen molar-refractivity contribution < 1.29 is 9.90 Å². The van der Waals surface area contributed by atoms with E-state index in [1.54, 1.807) is 12.4 Å². The van der Waals surface area contributed by atoms with Gasteiger partial charge in [-0.15, -0.1) is 0 Å². The Labute approximate surface area is 179 Å². The highest BCUT2D eigenvalue weighted by Gasteiger charge is 2.29. The van der Waals surface area contributed by atoms with E-state index in [4.69, 9.17) is 0 Å². The van der Waals surface area contributed by atoms with Gasteiger partial charge in [0.2, 0.25) is 5.91 Å². The van der Waals surface area contributed by atoms with Crippen molar-refractivity contribution in [1.29, 1.82) is 0 Å². The molecule has 5 nitrogen and oxygen atoms in total. The van der Waals surface area contributed by atoms with Gasteiger partial charge >= 0.3 is 0 Å². The number of fused-ring (bicyclic) bond motifs is 1. The number of aliphatic hydroxyl groups is 1. The molecule has 2 aromatic rings. The highest BCUT2D eigenvalue weighted by molar-refractivity contribution is 5.95. The fraction of sp³-hybridized carbons (Fsp3) is 0.400. The van der Waals surface area contributed by atoms with Crippen LogP contribution >= 0.6 is 0 Å². The fourth-order valence-corrected chi connectivity index (χ4v) is 3.12. The summed E-state index contributed by atoms with van der Waals surface area (Å²) in [5.41, 5.74) is 3.50. The molecule has 0 bridgehead atoms. The number of hydrogen-bond donors (Lipinski definition) is 2. The molecule has 1 unspecified atom stereocenters. The predicted octanol–water partition coefficient (Wildman–Crippen LogP) is 5.68. The molecule has 1 fully saturated rings. The Morgan fingerprint density at radius 3 is 2.50 bits per heavy atom. The Morgan fingerprint density at radius 1 is 1.27 bits per heavy atom. The van der Waals surface area contributed by atoms with Crippen molar-refractivity contribution >= 4 is 28.1 Å². The van der Waals surface area contributed by atoms with Gasteiger partial charge in [0.15, 0.2) is 0 Å². The number of hydrogen-bond acceptors (Lipinski definition) is 4. The van der Waals surface area contributed by atoms with E-state index in [-0.39, 0.29) is 11.8 Å². The van der Waals surface area contributed by atoms with Gasteiger partial charge in [-0.3, -0.25) is 9.78 Å². The Balaban J connectivity index is 0.00000155. The quantitative estimate of drug-likeness (QED) is 0.579. The zero-order valence-corrected chi connectivity index (χ0v) is 18.7. The molecule has 1 atom stereocenters. The van der Waals surface area contributed by atoms with Gasteiger partial charge in [0.1, 0.15) is 5.82 Å². The number of pyridine rings is 2. The smallest absolute Gasteiger partial charge is 0.228 e. The summed E-state index contributed by atoms with van der Waals surface area (Å²) in [4.78, 5) is 20.9. The molecule has 0 spiro atoms. The maximum Gasteiger partial charge on any atom is 0.228 e. The third kappa shape index (κ3) is 5.86. The van der Waals surface area contributed by atoms with Crippen molar-refractivity contribution in [3.05, 3.63) is 60.1 Å². The summed E-state index contributed by atoms with van der Waals surface area (Å²) < 4.78 is 0. The summed E-state index contributed by atoms with van der Waals surface area (Å²) in [6.45, 7) is 13.8. The van der Waals surface area contributed by atoms with Crippen LogP contribution in [0.25, 0.3) is 16.3 Å². The first kappa shape index (κ1) is 23.5. The van der Waals surface area contributed by atoms with Crippen molar-refractivity contribution in [2.75, 3.05) is 5.32 Å². The number of rotatable bonds is 7. The Hall–Kier alpha value is -2.79. The van der Waals surface area contributed by atoms with Crippen molar-refractivity contribution in [1.82, 2.24) is 9.97 Å². The van der Waals surface area contributed by atoms with Gasteiger partial charge in [0, 0.05) is 29.1 Å². The van der Waals surface area contributed by atoms with E-state index in [1.807, 2.05) is 58.9 Å². The van der Waals surface area contributed by atoms with E-state index < -0.39 is 6.10 Å². The van der Waals surface area contributed by atoms with Crippen LogP contribution in [0.1, 0.15) is 59.6 Å². The molecule has 2 aromatic heterocycles. The zero-order chi connectivity index (χ0) is 22.3. The van der Waals surface area contributed by atoms with Crippen LogP contribution in [0, 0.1) is 5.92 Å². The number of anilines is 1. The van der Waals surface area contributed by atoms with Gasteiger partial charge in [-0.25, -0.2) is 4.98 Å². The van der Waals surface area contributed by atoms with Crippen LogP contribution in [-0.2, 0) is 4.79 Å². The lowest BCUT2D eigenvalue weighted by Crippen LogP contribution is -2.14. The lowest BCUT2D eigenvalue weighted by atomic mass is 9.98. The number of aliphatic hydroxyl groups excluding tert-OH is 1. The summed E-state index contributed by atoms with van der Waals surface area (Å²) >= 11 is 0. The summed E-state index contributed by atoms with van der Waals surface area (Å²) in [5.74, 6) is 0.750. The van der Waals surface area contributed by atoms with Gasteiger partial charge in [-0.05, 0) is 62.0 Å². The molecule has 1 amide bonds. The molecular weight excluding hydrogens is 374 g/mol. The molecular formula is C25H33N3O2. The first-order chi connectivity index (χ1) is 14.4. The van der Waals surface area contributed by atoms with Crippen LogP contribution in [-0.4, -0.2) is 27.1 Å². The molecule has 1 saturated carbocycles. The van der Waals surface area contributed by atoms with Gasteiger partial charge in [0.25, 0.3) is 0 Å². The first-order valence-corrected chi connectivity index (χ1v) is 10.7. The van der Waals surface area contributed by atoms with E-state index in [1.165, 1.54) is 0 Å². The minimum absolute atomic E-state index is 0.0443. The molecule has 1 aliphatic rings. The van der Waals surface area contributed by atoms with Crippen molar-refractivity contribution in [2.45, 2.75) is 60.0 Å². The zero-order valence-electron chi connectivity index (χ0n) is 18.7. The van der Waals surface area contributed by atoms with Crippen molar-refractivity contribution in [3.8, 4) is 0 Å². The van der Waals surface area contributed by atoms with Gasteiger partial charge < -0.3 is 10.4 Å². The number of allylic oxidation sites excluding steroid dienone is 3. The van der Waals surface area contributed by atoms with Crippen LogP contribution in [0.4, 0.5) is 5.82 Å². The third-order valence-corrected chi connectivity index (χ3v) is 5.01. The van der Waals surface area contributed by atoms with Crippen LogP contribution in [0.15, 0.2) is 54.4 Å². The SMILES string of the molecule is C=C(/C=C(C)\C(=C/C)c1cc2cnc(NC(=O)C3CC3)cc2cn1)C(O)CC.CC. The number of amides is 1. The predicted molar refractivity (Wildman–Crippen MR) is 125 cm³/mol. The number of nitrogens with zero attached hydrogens (tertiary/aromatic N) is 2. The molecule has 5 heteroatoms. The number of carbonyl (C=O) groups is 1. The van der Waals surface area contributed by atoms with Crippen LogP contribution < -0.4 is 5.32 Å². The summed E-state index contributed by atoms with van der Waals surface area (Å²) in [7, 11) is 0. The molecule has 3 rings (SSSR count). The topological polar surface area (TPSA) is 75.1 Å².